The van der Waals surface area contributed by atoms with E-state index in [4.69, 9.17) is 15.0 Å². The summed E-state index contributed by atoms with van der Waals surface area (Å²) in [5, 5.41) is 1.06. The highest BCUT2D eigenvalue weighted by atomic mass is 15.3. The van der Waals surface area contributed by atoms with Gasteiger partial charge in [-0.3, -0.25) is 4.98 Å². The van der Waals surface area contributed by atoms with Gasteiger partial charge >= 0.3 is 0 Å². The van der Waals surface area contributed by atoms with Gasteiger partial charge in [0.1, 0.15) is 17.5 Å². The smallest absolute Gasteiger partial charge is 0.227 e. The Morgan fingerprint density at radius 1 is 0.793 bits per heavy atom. The first-order chi connectivity index (χ1) is 14.2. The van der Waals surface area contributed by atoms with Crippen LogP contribution in [0.15, 0.2) is 24.5 Å². The highest BCUT2D eigenvalue weighted by Crippen LogP contribution is 2.26. The van der Waals surface area contributed by atoms with E-state index in [1.54, 1.807) is 6.20 Å². The monoisotopic (exact) mass is 390 g/mol. The second-order valence-electron chi connectivity index (χ2n) is 7.82. The predicted octanol–water partition coefficient (Wildman–Crippen LogP) is 2.36. The van der Waals surface area contributed by atoms with Crippen LogP contribution >= 0.6 is 0 Å². The second-order valence-corrected chi connectivity index (χ2v) is 7.82. The van der Waals surface area contributed by atoms with Crippen molar-refractivity contribution < 1.29 is 0 Å². The molecule has 0 unspecified atom stereocenters. The van der Waals surface area contributed by atoms with Crippen LogP contribution in [0.25, 0.3) is 10.9 Å². The van der Waals surface area contributed by atoms with Gasteiger partial charge in [-0.2, -0.15) is 4.98 Å². The number of aromatic nitrogens is 5. The molecule has 0 atom stereocenters. The van der Waals surface area contributed by atoms with Crippen molar-refractivity contribution in [2.24, 2.45) is 0 Å². The zero-order chi connectivity index (χ0) is 19.8. The summed E-state index contributed by atoms with van der Waals surface area (Å²) < 4.78 is 0. The Labute approximate surface area is 170 Å². The van der Waals surface area contributed by atoms with Crippen LogP contribution in [-0.2, 0) is 0 Å². The Hall–Kier alpha value is -3.03. The van der Waals surface area contributed by atoms with E-state index in [0.29, 0.717) is 0 Å². The minimum Gasteiger partial charge on any atom is -0.356 e. The maximum Gasteiger partial charge on any atom is 0.227 e. The summed E-state index contributed by atoms with van der Waals surface area (Å²) in [4.78, 5) is 30.1. The lowest BCUT2D eigenvalue weighted by atomic mass is 10.2. The van der Waals surface area contributed by atoms with E-state index < -0.39 is 0 Å². The van der Waals surface area contributed by atoms with Crippen molar-refractivity contribution in [3.8, 4) is 0 Å². The fraction of sp³-hybridized carbons (Fsp3) is 0.476. The fourth-order valence-corrected chi connectivity index (χ4v) is 4.22. The number of rotatable bonds is 3. The van der Waals surface area contributed by atoms with Gasteiger partial charge in [0, 0.05) is 62.6 Å². The van der Waals surface area contributed by atoms with Crippen molar-refractivity contribution in [2.75, 3.05) is 54.0 Å². The maximum absolute atomic E-state index is 4.89. The first kappa shape index (κ1) is 18.0. The molecule has 3 aromatic heterocycles. The van der Waals surface area contributed by atoms with E-state index in [1.807, 2.05) is 19.2 Å². The summed E-state index contributed by atoms with van der Waals surface area (Å²) in [5.74, 6) is 3.69. The zero-order valence-corrected chi connectivity index (χ0v) is 17.0. The van der Waals surface area contributed by atoms with Crippen molar-refractivity contribution in [1.29, 1.82) is 0 Å². The summed E-state index contributed by atoms with van der Waals surface area (Å²) in [7, 11) is 0. The molecule has 5 heterocycles. The van der Waals surface area contributed by atoms with Gasteiger partial charge in [-0.05, 0) is 32.8 Å². The Morgan fingerprint density at radius 3 is 2.34 bits per heavy atom. The van der Waals surface area contributed by atoms with Crippen molar-refractivity contribution in [1.82, 2.24) is 24.9 Å². The zero-order valence-electron chi connectivity index (χ0n) is 17.0. The van der Waals surface area contributed by atoms with Crippen LogP contribution in [0.5, 0.6) is 0 Å². The van der Waals surface area contributed by atoms with Crippen molar-refractivity contribution in [2.45, 2.75) is 26.7 Å². The van der Waals surface area contributed by atoms with Crippen LogP contribution in [0, 0.1) is 13.8 Å². The van der Waals surface area contributed by atoms with Gasteiger partial charge in [-0.15, -0.1) is 0 Å². The first-order valence-corrected chi connectivity index (χ1v) is 10.4. The minimum absolute atomic E-state index is 0.778. The lowest BCUT2D eigenvalue weighted by Crippen LogP contribution is -2.47. The molecule has 8 nitrogen and oxygen atoms in total. The largest absolute Gasteiger partial charge is 0.356 e. The molecule has 2 aliphatic rings. The fourth-order valence-electron chi connectivity index (χ4n) is 4.22. The van der Waals surface area contributed by atoms with Gasteiger partial charge in [0.15, 0.2) is 0 Å². The summed E-state index contributed by atoms with van der Waals surface area (Å²) in [6.07, 6.45) is 6.11. The number of piperazine rings is 1. The Bertz CT molecular complexity index is 1020. The molecule has 2 aliphatic heterocycles. The van der Waals surface area contributed by atoms with Crippen LogP contribution in [-0.4, -0.2) is 64.2 Å². The van der Waals surface area contributed by atoms with Gasteiger partial charge in [-0.25, -0.2) is 15.0 Å². The van der Waals surface area contributed by atoms with Gasteiger partial charge in [0.05, 0.1) is 11.7 Å². The average molecular weight is 390 g/mol. The molecule has 150 valence electrons. The molecular formula is C21H26N8. The molecule has 0 aliphatic carbocycles. The predicted molar refractivity (Wildman–Crippen MR) is 115 cm³/mol. The van der Waals surface area contributed by atoms with E-state index in [2.05, 4.69) is 37.7 Å². The molecular weight excluding hydrogens is 364 g/mol. The molecule has 29 heavy (non-hydrogen) atoms. The SMILES string of the molecule is Cc1cc(N2CCCC2)nc(N2CCN(c3nc(C)nc4cnccc34)CC2)n1. The number of nitrogens with zero attached hydrogens (tertiary/aromatic N) is 8. The molecule has 0 amide bonds. The molecule has 0 radical (unpaired) electrons. The van der Waals surface area contributed by atoms with Crippen LogP contribution in [0.4, 0.5) is 17.6 Å². The van der Waals surface area contributed by atoms with Crippen LogP contribution in [0.3, 0.4) is 0 Å². The van der Waals surface area contributed by atoms with E-state index in [0.717, 1.165) is 79.3 Å². The third-order valence-corrected chi connectivity index (χ3v) is 5.71. The molecule has 0 aromatic carbocycles. The molecule has 0 saturated carbocycles. The number of fused-ring (bicyclic) bond motifs is 1. The van der Waals surface area contributed by atoms with Gasteiger partial charge in [0.25, 0.3) is 0 Å². The second kappa shape index (κ2) is 7.42. The van der Waals surface area contributed by atoms with E-state index in [9.17, 15) is 0 Å². The van der Waals surface area contributed by atoms with Crippen molar-refractivity contribution in [3.63, 3.8) is 0 Å². The van der Waals surface area contributed by atoms with Gasteiger partial charge < -0.3 is 14.7 Å². The topological polar surface area (TPSA) is 74.2 Å². The highest BCUT2D eigenvalue weighted by molar-refractivity contribution is 5.88. The van der Waals surface area contributed by atoms with E-state index in [-0.39, 0.29) is 0 Å². The quantitative estimate of drug-likeness (QED) is 0.675. The Morgan fingerprint density at radius 2 is 1.55 bits per heavy atom. The Balaban J connectivity index is 1.36. The third-order valence-electron chi connectivity index (χ3n) is 5.71. The normalized spacial score (nSPS) is 17.4. The summed E-state index contributed by atoms with van der Waals surface area (Å²) >= 11 is 0. The van der Waals surface area contributed by atoms with Crippen LogP contribution in [0.1, 0.15) is 24.4 Å². The molecule has 3 aromatic rings. The summed E-state index contributed by atoms with van der Waals surface area (Å²) in [6, 6.07) is 4.11. The van der Waals surface area contributed by atoms with E-state index >= 15 is 0 Å². The molecule has 8 heteroatoms. The van der Waals surface area contributed by atoms with Gasteiger partial charge in [-0.1, -0.05) is 0 Å². The molecule has 0 N–H and O–H groups in total. The Kier molecular flexibility index (Phi) is 4.61. The lowest BCUT2D eigenvalue weighted by Gasteiger charge is -2.36. The molecule has 2 fully saturated rings. The van der Waals surface area contributed by atoms with Crippen molar-refractivity contribution in [3.05, 3.63) is 36.0 Å². The van der Waals surface area contributed by atoms with Crippen LogP contribution < -0.4 is 14.7 Å². The minimum atomic E-state index is 0.778. The number of anilines is 3. The number of aryl methyl sites for hydroxylation is 2. The molecule has 2 saturated heterocycles. The molecule has 0 bridgehead atoms. The standard InChI is InChI=1S/C21H26N8/c1-15-13-19(27-7-3-4-8-27)26-21(23-15)29-11-9-28(10-12-29)20-17-5-6-22-14-18(17)24-16(2)25-20/h5-6,13-14H,3-4,7-12H2,1-2H3. The van der Waals surface area contributed by atoms with Crippen LogP contribution in [0.2, 0.25) is 0 Å². The maximum atomic E-state index is 4.89. The lowest BCUT2D eigenvalue weighted by molar-refractivity contribution is 0.634. The third kappa shape index (κ3) is 3.54. The average Bonchev–Trinajstić information content (AvgIpc) is 3.28. The molecule has 0 spiro atoms. The number of hydrogen-bond acceptors (Lipinski definition) is 8. The molecule has 5 rings (SSSR count). The first-order valence-electron chi connectivity index (χ1n) is 10.4. The summed E-state index contributed by atoms with van der Waals surface area (Å²) in [6.45, 7) is 9.69. The number of hydrogen-bond donors (Lipinski definition) is 0. The van der Waals surface area contributed by atoms with Crippen molar-refractivity contribution >= 4 is 28.5 Å². The summed E-state index contributed by atoms with van der Waals surface area (Å²) in [5.41, 5.74) is 1.93. The number of pyridine rings is 1. The van der Waals surface area contributed by atoms with Gasteiger partial charge in [0.2, 0.25) is 5.95 Å². The van der Waals surface area contributed by atoms with E-state index in [1.165, 1.54) is 12.8 Å². The highest BCUT2D eigenvalue weighted by Gasteiger charge is 2.23.